The van der Waals surface area contributed by atoms with Crippen LogP contribution in [0.2, 0.25) is 0 Å². The Hall–Kier alpha value is -6.16. The summed E-state index contributed by atoms with van der Waals surface area (Å²) in [6.07, 6.45) is 5.48. The zero-order valence-corrected chi connectivity index (χ0v) is 34.4. The van der Waals surface area contributed by atoms with Gasteiger partial charge < -0.3 is 35.8 Å². The molecule has 15 nitrogen and oxygen atoms in total. The van der Waals surface area contributed by atoms with Crippen LogP contribution in [0.15, 0.2) is 91.4 Å². The molecule has 0 radical (unpaired) electrons. The molecular weight excluding hydrogens is 771 g/mol. The largest absolute Gasteiger partial charge is 0.457 e. The Kier molecular flexibility index (Phi) is 11.5. The van der Waals surface area contributed by atoms with E-state index in [1.54, 1.807) is 6.07 Å². The quantitative estimate of drug-likeness (QED) is 0.117. The molecule has 316 valence electrons. The molecule has 4 fully saturated rings. The molecule has 5 N–H and O–H groups in total. The van der Waals surface area contributed by atoms with Gasteiger partial charge in [-0.2, -0.15) is 0 Å². The molecule has 0 aliphatic carbocycles. The van der Waals surface area contributed by atoms with Gasteiger partial charge in [-0.25, -0.2) is 9.97 Å². The summed E-state index contributed by atoms with van der Waals surface area (Å²) in [4.78, 5) is 59.2. The minimum Gasteiger partial charge on any atom is -0.457 e. The van der Waals surface area contributed by atoms with Crippen LogP contribution < -0.4 is 26.0 Å². The van der Waals surface area contributed by atoms with E-state index in [9.17, 15) is 14.4 Å². The number of piperazine rings is 1. The molecule has 5 aliphatic heterocycles. The average Bonchev–Trinajstić information content (AvgIpc) is 3.85. The number of likely N-dealkylation sites (tertiary alicyclic amines) is 2. The molecule has 0 bridgehead atoms. The maximum Gasteiger partial charge on any atom is 0.262 e. The van der Waals surface area contributed by atoms with E-state index in [4.69, 9.17) is 15.9 Å². The highest BCUT2D eigenvalue weighted by molar-refractivity contribution is 6.23. The fourth-order valence-electron chi connectivity index (χ4n) is 9.39. The second-order valence-corrected chi connectivity index (χ2v) is 16.7. The van der Waals surface area contributed by atoms with Gasteiger partial charge in [-0.05, 0) is 93.2 Å². The van der Waals surface area contributed by atoms with Crippen molar-refractivity contribution in [1.82, 2.24) is 34.9 Å². The second-order valence-electron chi connectivity index (χ2n) is 16.7. The molecule has 0 saturated carbocycles. The van der Waals surface area contributed by atoms with E-state index in [-0.39, 0.29) is 23.5 Å². The monoisotopic (exact) mass is 823 g/mol. The van der Waals surface area contributed by atoms with Gasteiger partial charge in [0, 0.05) is 87.9 Å². The minimum absolute atomic E-state index is 0.217. The number of amides is 3. The summed E-state index contributed by atoms with van der Waals surface area (Å²) >= 11 is 0. The molecule has 3 aromatic carbocycles. The van der Waals surface area contributed by atoms with Gasteiger partial charge in [0.2, 0.25) is 5.91 Å². The lowest BCUT2D eigenvalue weighted by Gasteiger charge is -2.39. The lowest BCUT2D eigenvalue weighted by atomic mass is 10.0. The maximum atomic E-state index is 13.4. The summed E-state index contributed by atoms with van der Waals surface area (Å²) in [6, 6.07) is 22.5. The first-order chi connectivity index (χ1) is 29.7. The third-order valence-electron chi connectivity index (χ3n) is 12.9. The molecular formula is C46H53N11O4. The van der Waals surface area contributed by atoms with E-state index in [1.807, 2.05) is 66.7 Å². The third-order valence-corrected chi connectivity index (χ3v) is 12.9. The van der Waals surface area contributed by atoms with Crippen LogP contribution in [-0.4, -0.2) is 137 Å². The number of benzene rings is 3. The average molecular weight is 824 g/mol. The highest BCUT2D eigenvalue weighted by Gasteiger charge is 2.44. The number of imide groups is 1. The van der Waals surface area contributed by atoms with Crippen LogP contribution in [0.1, 0.15) is 63.9 Å². The van der Waals surface area contributed by atoms with Crippen LogP contribution in [0.3, 0.4) is 0 Å². The lowest BCUT2D eigenvalue weighted by Crippen LogP contribution is -2.51. The summed E-state index contributed by atoms with van der Waals surface area (Å²) in [5.41, 5.74) is 10.1. The summed E-state index contributed by atoms with van der Waals surface area (Å²) in [7, 11) is 0. The first-order valence-electron chi connectivity index (χ1n) is 21.4. The Bertz CT molecular complexity index is 2310. The molecule has 2 atom stereocenters. The standard InChI is InChI=1S/C46H53N11O4/c1-30-7-14-39(44(58)51-30)57-45(59)37-13-10-33(27-38(37)46(57)60)55-23-25-56(26-24-55)34-17-20-54(28-34)22-21-53-18-15-32(16-19-53)52-43-40(42(48)49-29-50-43)41(47)31-8-11-36(12-9-31)61-35-5-3-2-4-6-35/h2-6,8-13,27,29,32,34,39,47H,1,7,14-26,28H2,(H,51,58)(H3,48,49,50,52). The number of nitrogens with zero attached hydrogens (tertiary/aromatic N) is 7. The number of allylic oxidation sites excluding steroid dienone is 1. The van der Waals surface area contributed by atoms with Crippen LogP contribution in [0.25, 0.3) is 0 Å². The highest BCUT2D eigenvalue weighted by Crippen LogP contribution is 2.32. The first-order valence-corrected chi connectivity index (χ1v) is 21.4. The number of aromatic nitrogens is 2. The zero-order valence-electron chi connectivity index (χ0n) is 34.4. The topological polar surface area (TPSA) is 176 Å². The number of nitrogens with one attached hydrogen (secondary N) is 3. The van der Waals surface area contributed by atoms with Gasteiger partial charge in [-0.3, -0.25) is 29.6 Å². The van der Waals surface area contributed by atoms with Gasteiger partial charge in [0.25, 0.3) is 11.8 Å². The molecule has 4 saturated heterocycles. The van der Waals surface area contributed by atoms with Crippen LogP contribution in [0, 0.1) is 5.41 Å². The van der Waals surface area contributed by atoms with Crippen LogP contribution in [0.5, 0.6) is 11.5 Å². The first kappa shape index (κ1) is 40.3. The van der Waals surface area contributed by atoms with Gasteiger partial charge in [0.05, 0.1) is 22.4 Å². The molecule has 0 spiro atoms. The van der Waals surface area contributed by atoms with Gasteiger partial charge in [-0.15, -0.1) is 0 Å². The van der Waals surface area contributed by atoms with Crippen LogP contribution in [0.4, 0.5) is 17.3 Å². The summed E-state index contributed by atoms with van der Waals surface area (Å²) < 4.78 is 5.93. The second kappa shape index (κ2) is 17.4. The van der Waals surface area contributed by atoms with Crippen LogP contribution in [-0.2, 0) is 4.79 Å². The summed E-state index contributed by atoms with van der Waals surface area (Å²) in [5.74, 6) is 1.16. The third kappa shape index (κ3) is 8.58. The number of nitrogen functional groups attached to an aromatic ring is 1. The van der Waals surface area contributed by atoms with Crippen molar-refractivity contribution < 1.29 is 19.1 Å². The Balaban J connectivity index is 0.714. The number of rotatable bonds is 12. The van der Waals surface area contributed by atoms with Gasteiger partial charge in [0.15, 0.2) is 0 Å². The number of nitrogens with two attached hydrogens (primary N) is 1. The SMILES string of the molecule is C=C1CCC(N2C(=O)c3ccc(N4CCN(C5CCN(CCN6CCC(Nc7ncnc(N)c7C(=N)c7ccc(Oc8ccccc8)cc7)CC6)C5)CC4)cc3C2=O)C(=O)N1. The van der Waals surface area contributed by atoms with Crippen molar-refractivity contribution in [3.63, 3.8) is 0 Å². The molecule has 15 heteroatoms. The number of anilines is 3. The van der Waals surface area contributed by atoms with Crippen molar-refractivity contribution in [3.05, 3.63) is 114 Å². The predicted molar refractivity (Wildman–Crippen MR) is 234 cm³/mol. The molecule has 3 amide bonds. The fraction of sp³-hybridized carbons (Fsp3) is 0.391. The number of hydrogen-bond donors (Lipinski definition) is 4. The van der Waals surface area contributed by atoms with E-state index in [2.05, 4.69) is 46.8 Å². The van der Waals surface area contributed by atoms with E-state index >= 15 is 0 Å². The summed E-state index contributed by atoms with van der Waals surface area (Å²) in [5, 5.41) is 15.3. The lowest BCUT2D eigenvalue weighted by molar-refractivity contribution is -0.125. The van der Waals surface area contributed by atoms with Gasteiger partial charge in [0.1, 0.15) is 35.5 Å². The van der Waals surface area contributed by atoms with E-state index in [0.717, 1.165) is 101 Å². The van der Waals surface area contributed by atoms with E-state index in [1.165, 1.54) is 6.33 Å². The highest BCUT2D eigenvalue weighted by atomic mass is 16.5. The molecule has 2 unspecified atom stereocenters. The van der Waals surface area contributed by atoms with Crippen molar-refractivity contribution in [3.8, 4) is 11.5 Å². The predicted octanol–water partition coefficient (Wildman–Crippen LogP) is 4.43. The Labute approximate surface area is 356 Å². The van der Waals surface area contributed by atoms with Gasteiger partial charge >= 0.3 is 0 Å². The molecule has 5 aliphatic rings. The Morgan fingerprint density at radius 3 is 2.28 bits per heavy atom. The zero-order chi connectivity index (χ0) is 42.0. The van der Waals surface area contributed by atoms with Crippen molar-refractivity contribution in [2.24, 2.45) is 0 Å². The van der Waals surface area contributed by atoms with Crippen molar-refractivity contribution >= 4 is 40.8 Å². The van der Waals surface area contributed by atoms with Crippen molar-refractivity contribution in [1.29, 1.82) is 5.41 Å². The number of ether oxygens (including phenoxy) is 1. The summed E-state index contributed by atoms with van der Waals surface area (Å²) in [6.45, 7) is 13.6. The van der Waals surface area contributed by atoms with Gasteiger partial charge in [-0.1, -0.05) is 24.8 Å². The number of fused-ring (bicyclic) bond motifs is 1. The number of carbonyl (C=O) groups is 3. The fourth-order valence-corrected chi connectivity index (χ4v) is 9.39. The van der Waals surface area contributed by atoms with E-state index < -0.39 is 17.9 Å². The Morgan fingerprint density at radius 2 is 1.52 bits per heavy atom. The molecule has 9 rings (SSSR count). The Morgan fingerprint density at radius 1 is 0.820 bits per heavy atom. The molecule has 61 heavy (non-hydrogen) atoms. The van der Waals surface area contributed by atoms with Crippen LogP contribution >= 0.6 is 0 Å². The minimum atomic E-state index is -0.808. The van der Waals surface area contributed by atoms with Crippen molar-refractivity contribution in [2.45, 2.75) is 50.2 Å². The van der Waals surface area contributed by atoms with Crippen molar-refractivity contribution in [2.75, 3.05) is 81.4 Å². The number of carbonyl (C=O) groups excluding carboxylic acids is 3. The smallest absolute Gasteiger partial charge is 0.262 e. The molecule has 4 aromatic rings. The normalized spacial score (nSPS) is 21.8. The number of para-hydroxylation sites is 1. The molecule has 1 aromatic heterocycles. The van der Waals surface area contributed by atoms with E-state index in [0.29, 0.717) is 58.4 Å². The molecule has 6 heterocycles. The number of piperidine rings is 2. The maximum absolute atomic E-state index is 13.4. The number of hydrogen-bond acceptors (Lipinski definition) is 13.